The quantitative estimate of drug-likeness (QED) is 0.816. The molecular formula is C13H14N2O3. The van der Waals surface area contributed by atoms with Gasteiger partial charge in [0.15, 0.2) is 0 Å². The predicted molar refractivity (Wildman–Crippen MR) is 66.1 cm³/mol. The molecule has 0 bridgehead atoms. The van der Waals surface area contributed by atoms with E-state index in [0.717, 1.165) is 5.56 Å². The summed E-state index contributed by atoms with van der Waals surface area (Å²) in [7, 11) is 1.58. The van der Waals surface area contributed by atoms with Crippen molar-refractivity contribution in [1.82, 2.24) is 10.5 Å². The third-order valence-electron chi connectivity index (χ3n) is 2.40. The lowest BCUT2D eigenvalue weighted by Gasteiger charge is -1.99. The van der Waals surface area contributed by atoms with Gasteiger partial charge in [0.05, 0.1) is 6.61 Å². The van der Waals surface area contributed by atoms with Crippen LogP contribution in [0.2, 0.25) is 0 Å². The standard InChI is InChI=1S/C13H14N2O3/c1-17-8-7-14-13(16)12-9-11(15-18-12)10-5-3-2-4-6-10/h2-6,9H,7-8H2,1H3,(H,14,16). The number of carbonyl (C=O) groups excluding carboxylic acids is 1. The van der Waals surface area contributed by atoms with Gasteiger partial charge >= 0.3 is 0 Å². The van der Waals surface area contributed by atoms with Crippen molar-refractivity contribution in [3.05, 3.63) is 42.2 Å². The van der Waals surface area contributed by atoms with Gasteiger partial charge in [-0.2, -0.15) is 0 Å². The first kappa shape index (κ1) is 12.3. The minimum atomic E-state index is -0.290. The molecule has 0 aliphatic rings. The second-order valence-corrected chi connectivity index (χ2v) is 3.69. The number of aromatic nitrogens is 1. The highest BCUT2D eigenvalue weighted by Gasteiger charge is 2.13. The molecule has 0 fully saturated rings. The van der Waals surface area contributed by atoms with Crippen molar-refractivity contribution in [2.24, 2.45) is 0 Å². The number of rotatable bonds is 5. The lowest BCUT2D eigenvalue weighted by Crippen LogP contribution is -2.26. The highest BCUT2D eigenvalue weighted by Crippen LogP contribution is 2.18. The number of benzene rings is 1. The molecule has 0 aliphatic heterocycles. The van der Waals surface area contributed by atoms with Crippen molar-refractivity contribution >= 4 is 5.91 Å². The molecule has 1 aromatic heterocycles. The molecule has 0 atom stereocenters. The summed E-state index contributed by atoms with van der Waals surface area (Å²) in [6.07, 6.45) is 0. The number of nitrogens with zero attached hydrogens (tertiary/aromatic N) is 1. The van der Waals surface area contributed by atoms with Gasteiger partial charge < -0.3 is 14.6 Å². The van der Waals surface area contributed by atoms with E-state index in [4.69, 9.17) is 9.26 Å². The third kappa shape index (κ3) is 2.95. The highest BCUT2D eigenvalue weighted by atomic mass is 16.5. The Morgan fingerprint density at radius 2 is 2.17 bits per heavy atom. The molecule has 18 heavy (non-hydrogen) atoms. The van der Waals surface area contributed by atoms with Crippen LogP contribution >= 0.6 is 0 Å². The Kier molecular flexibility index (Phi) is 4.09. The maximum atomic E-state index is 11.7. The lowest BCUT2D eigenvalue weighted by atomic mass is 10.1. The number of amides is 1. The zero-order chi connectivity index (χ0) is 12.8. The second-order valence-electron chi connectivity index (χ2n) is 3.69. The van der Waals surface area contributed by atoms with Crippen LogP contribution < -0.4 is 5.32 Å². The van der Waals surface area contributed by atoms with Crippen LogP contribution in [0.5, 0.6) is 0 Å². The maximum Gasteiger partial charge on any atom is 0.289 e. The van der Waals surface area contributed by atoms with Gasteiger partial charge in [-0.25, -0.2) is 0 Å². The van der Waals surface area contributed by atoms with Crippen LogP contribution in [0.15, 0.2) is 40.9 Å². The molecule has 94 valence electrons. The number of ether oxygens (including phenoxy) is 1. The van der Waals surface area contributed by atoms with Crippen LogP contribution in [0.3, 0.4) is 0 Å². The molecule has 1 heterocycles. The van der Waals surface area contributed by atoms with Gasteiger partial charge in [-0.05, 0) is 0 Å². The van der Waals surface area contributed by atoms with Gasteiger partial charge in [-0.15, -0.1) is 0 Å². The number of methoxy groups -OCH3 is 1. The van der Waals surface area contributed by atoms with Crippen molar-refractivity contribution < 1.29 is 14.1 Å². The van der Waals surface area contributed by atoms with E-state index in [1.54, 1.807) is 13.2 Å². The van der Waals surface area contributed by atoms with Crippen LogP contribution in [0.4, 0.5) is 0 Å². The normalized spacial score (nSPS) is 10.3. The largest absolute Gasteiger partial charge is 0.383 e. The molecule has 0 radical (unpaired) electrons. The highest BCUT2D eigenvalue weighted by molar-refractivity contribution is 5.92. The molecule has 1 amide bonds. The first-order chi connectivity index (χ1) is 8.81. The molecule has 2 aromatic rings. The summed E-state index contributed by atoms with van der Waals surface area (Å²) in [6, 6.07) is 11.2. The molecule has 0 spiro atoms. The minimum Gasteiger partial charge on any atom is -0.383 e. The predicted octanol–water partition coefficient (Wildman–Crippen LogP) is 1.72. The van der Waals surface area contributed by atoms with Gasteiger partial charge in [0.1, 0.15) is 5.69 Å². The van der Waals surface area contributed by atoms with Gasteiger partial charge in [-0.3, -0.25) is 4.79 Å². The third-order valence-corrected chi connectivity index (χ3v) is 2.40. The van der Waals surface area contributed by atoms with Gasteiger partial charge in [0.2, 0.25) is 5.76 Å². The van der Waals surface area contributed by atoms with Gasteiger partial charge in [-0.1, -0.05) is 35.5 Å². The van der Waals surface area contributed by atoms with Crippen molar-refractivity contribution in [3.63, 3.8) is 0 Å². The topological polar surface area (TPSA) is 64.4 Å². The Bertz CT molecular complexity index is 508. The molecule has 1 aromatic carbocycles. The first-order valence-corrected chi connectivity index (χ1v) is 5.60. The maximum absolute atomic E-state index is 11.7. The summed E-state index contributed by atoms with van der Waals surface area (Å²) in [6.45, 7) is 0.905. The zero-order valence-electron chi connectivity index (χ0n) is 10.1. The second kappa shape index (κ2) is 5.97. The average molecular weight is 246 g/mol. The fraction of sp³-hybridized carbons (Fsp3) is 0.231. The number of nitrogens with one attached hydrogen (secondary N) is 1. The molecular weight excluding hydrogens is 232 g/mol. The molecule has 0 saturated carbocycles. The summed E-state index contributed by atoms with van der Waals surface area (Å²) in [5.41, 5.74) is 1.56. The number of hydrogen-bond acceptors (Lipinski definition) is 4. The summed E-state index contributed by atoms with van der Waals surface area (Å²) in [5, 5.41) is 6.54. The zero-order valence-corrected chi connectivity index (χ0v) is 10.1. The van der Waals surface area contributed by atoms with E-state index in [-0.39, 0.29) is 11.7 Å². The van der Waals surface area contributed by atoms with E-state index in [9.17, 15) is 4.79 Å². The van der Waals surface area contributed by atoms with Crippen molar-refractivity contribution in [2.45, 2.75) is 0 Å². The van der Waals surface area contributed by atoms with Gasteiger partial charge in [0, 0.05) is 25.3 Å². The van der Waals surface area contributed by atoms with Gasteiger partial charge in [0.25, 0.3) is 5.91 Å². The Labute approximate surface area is 105 Å². The molecule has 5 nitrogen and oxygen atoms in total. The Hall–Kier alpha value is -2.14. The van der Waals surface area contributed by atoms with Crippen molar-refractivity contribution in [1.29, 1.82) is 0 Å². The SMILES string of the molecule is COCCNC(=O)c1cc(-c2ccccc2)no1. The van der Waals surface area contributed by atoms with Crippen molar-refractivity contribution in [3.8, 4) is 11.3 Å². The Balaban J connectivity index is 2.04. The summed E-state index contributed by atoms with van der Waals surface area (Å²) < 4.78 is 9.85. The van der Waals surface area contributed by atoms with E-state index in [1.165, 1.54) is 0 Å². The molecule has 2 rings (SSSR count). The fourth-order valence-electron chi connectivity index (χ4n) is 1.48. The molecule has 5 heteroatoms. The summed E-state index contributed by atoms with van der Waals surface area (Å²) in [4.78, 5) is 11.7. The Morgan fingerprint density at radius 3 is 2.89 bits per heavy atom. The van der Waals surface area contributed by atoms with E-state index in [2.05, 4.69) is 10.5 Å². The lowest BCUT2D eigenvalue weighted by molar-refractivity contribution is 0.0900. The van der Waals surface area contributed by atoms with Crippen LogP contribution in [0.1, 0.15) is 10.6 Å². The molecule has 0 saturated heterocycles. The molecule has 0 aliphatic carbocycles. The van der Waals surface area contributed by atoms with E-state index in [1.807, 2.05) is 30.3 Å². The van der Waals surface area contributed by atoms with Crippen LogP contribution in [0, 0.1) is 0 Å². The van der Waals surface area contributed by atoms with E-state index in [0.29, 0.717) is 18.8 Å². The van der Waals surface area contributed by atoms with Crippen LogP contribution in [0.25, 0.3) is 11.3 Å². The van der Waals surface area contributed by atoms with E-state index >= 15 is 0 Å². The number of hydrogen-bond donors (Lipinski definition) is 1. The first-order valence-electron chi connectivity index (χ1n) is 5.60. The summed E-state index contributed by atoms with van der Waals surface area (Å²) in [5.74, 6) is -0.0910. The van der Waals surface area contributed by atoms with Crippen LogP contribution in [-0.2, 0) is 4.74 Å². The van der Waals surface area contributed by atoms with Crippen molar-refractivity contribution in [2.75, 3.05) is 20.3 Å². The number of carbonyl (C=O) groups is 1. The van der Waals surface area contributed by atoms with E-state index < -0.39 is 0 Å². The Morgan fingerprint density at radius 1 is 1.39 bits per heavy atom. The van der Waals surface area contributed by atoms with Crippen LogP contribution in [-0.4, -0.2) is 31.3 Å². The molecule has 1 N–H and O–H groups in total. The minimum absolute atomic E-state index is 0.199. The smallest absolute Gasteiger partial charge is 0.289 e. The average Bonchev–Trinajstić information content (AvgIpc) is 2.89. The summed E-state index contributed by atoms with van der Waals surface area (Å²) >= 11 is 0. The monoisotopic (exact) mass is 246 g/mol. The fourth-order valence-corrected chi connectivity index (χ4v) is 1.48. The molecule has 0 unspecified atom stereocenters.